The molecular weight excluding hydrogens is 211 g/mol. The van der Waals surface area contributed by atoms with Gasteiger partial charge in [-0.2, -0.15) is 0 Å². The molecule has 0 amide bonds. The number of hydrogen-bond acceptors (Lipinski definition) is 4. The fraction of sp³-hybridized carbons (Fsp3) is 0.455. The van der Waals surface area contributed by atoms with Gasteiger partial charge in [0, 0.05) is 25.7 Å². The summed E-state index contributed by atoms with van der Waals surface area (Å²) in [5.41, 5.74) is 0.0872. The van der Waals surface area contributed by atoms with Gasteiger partial charge in [0.05, 0.1) is 24.5 Å². The van der Waals surface area contributed by atoms with Crippen LogP contribution in [-0.4, -0.2) is 36.6 Å². The Hall–Kier alpha value is -1.33. The number of hydrogen-bond donors (Lipinski definition) is 1. The molecule has 1 N–H and O–H groups in total. The van der Waals surface area contributed by atoms with Crippen molar-refractivity contribution in [3.8, 4) is 0 Å². The van der Waals surface area contributed by atoms with Crippen LogP contribution in [0.3, 0.4) is 0 Å². The second-order valence-electron chi connectivity index (χ2n) is 3.68. The summed E-state index contributed by atoms with van der Waals surface area (Å²) in [5.74, 6) is -0.815. The van der Waals surface area contributed by atoms with Crippen molar-refractivity contribution in [3.63, 3.8) is 0 Å². The van der Waals surface area contributed by atoms with E-state index in [9.17, 15) is 9.18 Å². The Labute approximate surface area is 92.8 Å². The van der Waals surface area contributed by atoms with E-state index in [2.05, 4.69) is 10.3 Å². The van der Waals surface area contributed by atoms with Crippen LogP contribution in [0, 0.1) is 5.82 Å². The van der Waals surface area contributed by atoms with E-state index in [1.54, 1.807) is 0 Å². The quantitative estimate of drug-likeness (QED) is 0.771. The highest BCUT2D eigenvalue weighted by molar-refractivity contribution is 5.96. The smallest absolute Gasteiger partial charge is 0.168 e. The normalized spacial score (nSPS) is 20.7. The lowest BCUT2D eigenvalue weighted by atomic mass is 10.1. The lowest BCUT2D eigenvalue weighted by Crippen LogP contribution is -2.39. The van der Waals surface area contributed by atoms with Gasteiger partial charge in [-0.05, 0) is 6.07 Å². The largest absolute Gasteiger partial charge is 0.375 e. The second-order valence-corrected chi connectivity index (χ2v) is 3.68. The van der Waals surface area contributed by atoms with Gasteiger partial charge in [0.1, 0.15) is 0 Å². The van der Waals surface area contributed by atoms with E-state index in [0.29, 0.717) is 13.2 Å². The van der Waals surface area contributed by atoms with Crippen LogP contribution < -0.4 is 5.32 Å². The fourth-order valence-corrected chi connectivity index (χ4v) is 1.67. The van der Waals surface area contributed by atoms with Crippen molar-refractivity contribution in [3.05, 3.63) is 29.8 Å². The molecule has 1 aliphatic rings. The molecule has 0 bridgehead atoms. The van der Waals surface area contributed by atoms with E-state index in [0.717, 1.165) is 12.7 Å². The summed E-state index contributed by atoms with van der Waals surface area (Å²) in [6, 6.07) is 1.40. The monoisotopic (exact) mass is 224 g/mol. The average Bonchev–Trinajstić information content (AvgIpc) is 2.31. The van der Waals surface area contributed by atoms with Crippen molar-refractivity contribution < 1.29 is 13.9 Å². The van der Waals surface area contributed by atoms with E-state index in [4.69, 9.17) is 4.74 Å². The van der Waals surface area contributed by atoms with Crippen molar-refractivity contribution in [2.24, 2.45) is 0 Å². The van der Waals surface area contributed by atoms with Crippen LogP contribution in [-0.2, 0) is 4.74 Å². The number of nitrogens with one attached hydrogen (secondary N) is 1. The van der Waals surface area contributed by atoms with Crippen LogP contribution in [0.25, 0.3) is 0 Å². The second kappa shape index (κ2) is 5.14. The summed E-state index contributed by atoms with van der Waals surface area (Å²) < 4.78 is 18.6. The Bertz CT molecular complexity index is 378. The fourth-order valence-electron chi connectivity index (χ4n) is 1.67. The van der Waals surface area contributed by atoms with Crippen LogP contribution in [0.4, 0.5) is 4.39 Å². The van der Waals surface area contributed by atoms with E-state index < -0.39 is 5.82 Å². The Kier molecular flexibility index (Phi) is 3.58. The Balaban J connectivity index is 2.00. The third kappa shape index (κ3) is 2.62. The number of Topliss-reactive ketones (excluding diaryl/α,β-unsaturated/α-hetero) is 1. The third-order valence-electron chi connectivity index (χ3n) is 2.49. The topological polar surface area (TPSA) is 51.2 Å². The van der Waals surface area contributed by atoms with E-state index in [1.807, 2.05) is 0 Å². The van der Waals surface area contributed by atoms with Gasteiger partial charge in [-0.25, -0.2) is 4.39 Å². The number of morpholine rings is 1. The minimum Gasteiger partial charge on any atom is -0.375 e. The first-order valence-corrected chi connectivity index (χ1v) is 5.22. The molecule has 1 aromatic heterocycles. The molecule has 1 fully saturated rings. The summed E-state index contributed by atoms with van der Waals surface area (Å²) in [6.07, 6.45) is 2.51. The molecule has 4 nitrogen and oxygen atoms in total. The first-order chi connectivity index (χ1) is 7.77. The molecule has 5 heteroatoms. The summed E-state index contributed by atoms with van der Waals surface area (Å²) >= 11 is 0. The number of ketones is 1. The van der Waals surface area contributed by atoms with Gasteiger partial charge in [-0.3, -0.25) is 9.78 Å². The molecule has 0 radical (unpaired) electrons. The van der Waals surface area contributed by atoms with Crippen LogP contribution in [0.15, 0.2) is 18.5 Å². The third-order valence-corrected chi connectivity index (χ3v) is 2.49. The summed E-state index contributed by atoms with van der Waals surface area (Å²) in [6.45, 7) is 2.03. The van der Waals surface area contributed by atoms with E-state index in [1.165, 1.54) is 12.3 Å². The first kappa shape index (κ1) is 11.2. The van der Waals surface area contributed by atoms with Crippen molar-refractivity contribution >= 4 is 5.78 Å². The molecule has 1 unspecified atom stereocenters. The Morgan fingerprint density at radius 2 is 2.56 bits per heavy atom. The van der Waals surface area contributed by atoms with Gasteiger partial charge >= 0.3 is 0 Å². The molecule has 0 spiro atoms. The SMILES string of the molecule is O=C(CC1CNCCO1)c1ccncc1F. The van der Waals surface area contributed by atoms with Gasteiger partial charge in [0.25, 0.3) is 0 Å². The van der Waals surface area contributed by atoms with Crippen LogP contribution in [0.5, 0.6) is 0 Å². The van der Waals surface area contributed by atoms with Gasteiger partial charge in [-0.1, -0.05) is 0 Å². The maximum atomic E-state index is 13.3. The lowest BCUT2D eigenvalue weighted by Gasteiger charge is -2.22. The van der Waals surface area contributed by atoms with Gasteiger partial charge < -0.3 is 10.1 Å². The first-order valence-electron chi connectivity index (χ1n) is 5.22. The van der Waals surface area contributed by atoms with E-state index >= 15 is 0 Å². The summed E-state index contributed by atoms with van der Waals surface area (Å²) in [7, 11) is 0. The van der Waals surface area contributed by atoms with Crippen molar-refractivity contribution in [2.75, 3.05) is 19.7 Å². The number of aromatic nitrogens is 1. The van der Waals surface area contributed by atoms with Crippen molar-refractivity contribution in [1.29, 1.82) is 0 Å². The maximum absolute atomic E-state index is 13.3. The molecule has 0 aliphatic carbocycles. The molecular formula is C11H13FN2O2. The van der Waals surface area contributed by atoms with Gasteiger partial charge in [-0.15, -0.1) is 0 Å². The zero-order valence-electron chi connectivity index (χ0n) is 8.78. The minimum absolute atomic E-state index is 0.0872. The lowest BCUT2D eigenvalue weighted by molar-refractivity contribution is 0.0239. The van der Waals surface area contributed by atoms with Gasteiger partial charge in [0.15, 0.2) is 11.6 Å². The van der Waals surface area contributed by atoms with Crippen LogP contribution in [0.1, 0.15) is 16.8 Å². The number of rotatable bonds is 3. The highest BCUT2D eigenvalue weighted by Gasteiger charge is 2.20. The number of carbonyl (C=O) groups excluding carboxylic acids is 1. The Morgan fingerprint density at radius 1 is 1.69 bits per heavy atom. The number of halogens is 1. The molecule has 1 atom stereocenters. The van der Waals surface area contributed by atoms with Crippen LogP contribution in [0.2, 0.25) is 0 Å². The van der Waals surface area contributed by atoms with Crippen molar-refractivity contribution in [2.45, 2.75) is 12.5 Å². The molecule has 1 aliphatic heterocycles. The number of nitrogens with zero attached hydrogens (tertiary/aromatic N) is 1. The number of ether oxygens (including phenoxy) is 1. The predicted molar refractivity (Wildman–Crippen MR) is 55.8 cm³/mol. The molecule has 2 heterocycles. The van der Waals surface area contributed by atoms with Gasteiger partial charge in [0.2, 0.25) is 0 Å². The van der Waals surface area contributed by atoms with Crippen molar-refractivity contribution in [1.82, 2.24) is 10.3 Å². The number of pyridine rings is 1. The molecule has 1 saturated heterocycles. The molecule has 0 aromatic carbocycles. The van der Waals surface area contributed by atoms with Crippen LogP contribution >= 0.6 is 0 Å². The molecule has 86 valence electrons. The average molecular weight is 224 g/mol. The zero-order chi connectivity index (χ0) is 11.4. The predicted octanol–water partition coefficient (Wildman–Crippen LogP) is 0.782. The molecule has 2 rings (SSSR count). The maximum Gasteiger partial charge on any atom is 0.168 e. The molecule has 0 saturated carbocycles. The number of carbonyl (C=O) groups is 1. The molecule has 1 aromatic rings. The molecule has 16 heavy (non-hydrogen) atoms. The Morgan fingerprint density at radius 3 is 3.25 bits per heavy atom. The van der Waals surface area contributed by atoms with E-state index in [-0.39, 0.29) is 23.9 Å². The highest BCUT2D eigenvalue weighted by atomic mass is 19.1. The highest BCUT2D eigenvalue weighted by Crippen LogP contribution is 2.11. The standard InChI is InChI=1S/C11H13FN2O2/c12-10-7-13-2-1-9(10)11(15)5-8-6-14-3-4-16-8/h1-2,7-8,14H,3-6H2. The minimum atomic E-state index is -0.573. The summed E-state index contributed by atoms with van der Waals surface area (Å²) in [4.78, 5) is 15.4. The zero-order valence-corrected chi connectivity index (χ0v) is 8.78. The summed E-state index contributed by atoms with van der Waals surface area (Å²) in [5, 5.41) is 3.12.